The molecular weight excluding hydrogens is 374 g/mol. The largest absolute Gasteiger partial charge is 0.435 e. The lowest BCUT2D eigenvalue weighted by atomic mass is 9.98. The second-order valence-electron chi connectivity index (χ2n) is 6.47. The van der Waals surface area contributed by atoms with Crippen LogP contribution in [0.2, 0.25) is 0 Å². The minimum Gasteiger partial charge on any atom is -0.435 e. The van der Waals surface area contributed by atoms with Crippen LogP contribution in [0.25, 0.3) is 33.4 Å². The van der Waals surface area contributed by atoms with Gasteiger partial charge in [-0.05, 0) is 60.0 Å². The van der Waals surface area contributed by atoms with Gasteiger partial charge in [0.2, 0.25) is 0 Å². The molecule has 0 fully saturated rings. The number of nitrogens with one attached hydrogen (secondary N) is 1. The summed E-state index contributed by atoms with van der Waals surface area (Å²) in [4.78, 5) is 13.5. The van der Waals surface area contributed by atoms with Crippen molar-refractivity contribution < 1.29 is 13.5 Å². The van der Waals surface area contributed by atoms with Gasteiger partial charge in [-0.1, -0.05) is 12.1 Å². The van der Waals surface area contributed by atoms with Gasteiger partial charge in [-0.2, -0.15) is 8.78 Å². The Morgan fingerprint density at radius 3 is 2.45 bits per heavy atom. The van der Waals surface area contributed by atoms with Crippen molar-refractivity contribution in [3.63, 3.8) is 0 Å². The van der Waals surface area contributed by atoms with Gasteiger partial charge >= 0.3 is 6.61 Å². The number of halogens is 2. The minimum absolute atomic E-state index is 0.127. The highest BCUT2D eigenvalue weighted by Gasteiger charge is 2.13. The molecule has 7 heteroatoms. The molecule has 0 atom stereocenters. The third-order valence-electron chi connectivity index (χ3n) is 4.59. The Balaban J connectivity index is 1.80. The van der Waals surface area contributed by atoms with E-state index in [-0.39, 0.29) is 5.75 Å². The molecule has 0 aliphatic rings. The van der Waals surface area contributed by atoms with Crippen molar-refractivity contribution in [1.29, 1.82) is 0 Å². The molecule has 2 aromatic carbocycles. The molecular formula is C22H18F2N4O. The number of anilines is 1. The number of ether oxygens (including phenoxy) is 1. The van der Waals surface area contributed by atoms with Crippen LogP contribution in [0.4, 0.5) is 14.6 Å². The Labute approximate surface area is 166 Å². The van der Waals surface area contributed by atoms with E-state index >= 15 is 0 Å². The van der Waals surface area contributed by atoms with Gasteiger partial charge in [0.25, 0.3) is 0 Å². The maximum atomic E-state index is 12.4. The summed E-state index contributed by atoms with van der Waals surface area (Å²) in [6.07, 6.45) is 3.43. The first-order valence-electron chi connectivity index (χ1n) is 9.01. The predicted octanol–water partition coefficient (Wildman–Crippen LogP) is 5.31. The van der Waals surface area contributed by atoms with E-state index in [1.807, 2.05) is 38.2 Å². The number of benzene rings is 2. The minimum atomic E-state index is -2.84. The molecule has 4 aromatic rings. The van der Waals surface area contributed by atoms with E-state index in [2.05, 4.69) is 20.0 Å². The monoisotopic (exact) mass is 392 g/mol. The number of alkyl halides is 2. The number of aryl methyl sites for hydroxylation is 1. The molecule has 0 amide bonds. The second-order valence-corrected chi connectivity index (χ2v) is 6.47. The van der Waals surface area contributed by atoms with Gasteiger partial charge in [-0.15, -0.1) is 0 Å². The standard InChI is InChI=1S/C22H18F2N4O/c1-13-10-19-18(11-17(13)14-5-7-16(8-6-14)29-22(23)24)21(25-2)28-20(27-19)15-4-3-9-26-12-15/h3-12,22H,1-2H3,(H,25,27,28). The van der Waals surface area contributed by atoms with E-state index in [9.17, 15) is 8.78 Å². The van der Waals surface area contributed by atoms with Gasteiger partial charge in [-0.3, -0.25) is 4.98 Å². The normalized spacial score (nSPS) is 11.1. The number of aromatic nitrogens is 3. The fourth-order valence-corrected chi connectivity index (χ4v) is 3.22. The molecule has 0 unspecified atom stereocenters. The zero-order valence-corrected chi connectivity index (χ0v) is 15.9. The molecule has 0 saturated carbocycles. The third kappa shape index (κ3) is 3.85. The van der Waals surface area contributed by atoms with E-state index in [0.717, 1.165) is 33.2 Å². The number of hydrogen-bond donors (Lipinski definition) is 1. The summed E-state index contributed by atoms with van der Waals surface area (Å²) < 4.78 is 29.2. The molecule has 146 valence electrons. The summed E-state index contributed by atoms with van der Waals surface area (Å²) in [5, 5.41) is 4.00. The van der Waals surface area contributed by atoms with E-state index in [0.29, 0.717) is 11.6 Å². The molecule has 5 nitrogen and oxygen atoms in total. The highest BCUT2D eigenvalue weighted by Crippen LogP contribution is 2.33. The lowest BCUT2D eigenvalue weighted by molar-refractivity contribution is -0.0498. The fourth-order valence-electron chi connectivity index (χ4n) is 3.22. The average molecular weight is 392 g/mol. The Kier molecular flexibility index (Phi) is 5.03. The number of rotatable bonds is 5. The smallest absolute Gasteiger partial charge is 0.387 e. The Bertz CT molecular complexity index is 1150. The van der Waals surface area contributed by atoms with Gasteiger partial charge in [0.1, 0.15) is 11.6 Å². The average Bonchev–Trinajstić information content (AvgIpc) is 2.73. The Morgan fingerprint density at radius 1 is 1.00 bits per heavy atom. The van der Waals surface area contributed by atoms with Gasteiger partial charge in [0.15, 0.2) is 5.82 Å². The van der Waals surface area contributed by atoms with Crippen LogP contribution in [0.3, 0.4) is 0 Å². The van der Waals surface area contributed by atoms with Crippen molar-refractivity contribution >= 4 is 16.7 Å². The highest BCUT2D eigenvalue weighted by atomic mass is 19.3. The molecule has 0 aliphatic carbocycles. The van der Waals surface area contributed by atoms with Gasteiger partial charge < -0.3 is 10.1 Å². The first-order chi connectivity index (χ1) is 14.0. The number of hydrogen-bond acceptors (Lipinski definition) is 5. The quantitative estimate of drug-likeness (QED) is 0.499. The molecule has 4 rings (SSSR count). The van der Waals surface area contributed by atoms with E-state index in [1.165, 1.54) is 12.1 Å². The summed E-state index contributed by atoms with van der Waals surface area (Å²) in [5.74, 6) is 1.42. The topological polar surface area (TPSA) is 59.9 Å². The number of pyridine rings is 1. The lowest BCUT2D eigenvalue weighted by Gasteiger charge is -2.13. The molecule has 2 heterocycles. The van der Waals surface area contributed by atoms with Crippen LogP contribution in [0.1, 0.15) is 5.56 Å². The van der Waals surface area contributed by atoms with Crippen LogP contribution >= 0.6 is 0 Å². The second kappa shape index (κ2) is 7.79. The van der Waals surface area contributed by atoms with Crippen LogP contribution in [-0.4, -0.2) is 28.6 Å². The molecule has 0 bridgehead atoms. The summed E-state index contributed by atoms with van der Waals surface area (Å²) >= 11 is 0. The SMILES string of the molecule is CNc1nc(-c2cccnc2)nc2cc(C)c(-c3ccc(OC(F)F)cc3)cc12. The maximum Gasteiger partial charge on any atom is 0.387 e. The maximum absolute atomic E-state index is 12.4. The van der Waals surface area contributed by atoms with Crippen molar-refractivity contribution in [2.45, 2.75) is 13.5 Å². The van der Waals surface area contributed by atoms with Crippen molar-refractivity contribution in [3.8, 4) is 28.3 Å². The molecule has 0 aliphatic heterocycles. The summed E-state index contributed by atoms with van der Waals surface area (Å²) in [6.45, 7) is -0.851. The third-order valence-corrected chi connectivity index (χ3v) is 4.59. The first kappa shape index (κ1) is 18.7. The molecule has 0 radical (unpaired) electrons. The van der Waals surface area contributed by atoms with Gasteiger partial charge in [0, 0.05) is 30.4 Å². The zero-order chi connectivity index (χ0) is 20.4. The molecule has 0 saturated heterocycles. The predicted molar refractivity (Wildman–Crippen MR) is 109 cm³/mol. The number of nitrogens with zero attached hydrogens (tertiary/aromatic N) is 3. The molecule has 1 N–H and O–H groups in total. The highest BCUT2D eigenvalue weighted by molar-refractivity contribution is 5.95. The molecule has 0 spiro atoms. The van der Waals surface area contributed by atoms with Crippen LogP contribution in [-0.2, 0) is 0 Å². The van der Waals surface area contributed by atoms with Crippen LogP contribution in [0.15, 0.2) is 60.9 Å². The Hall–Kier alpha value is -3.61. The summed E-state index contributed by atoms with van der Waals surface area (Å²) in [7, 11) is 1.81. The van der Waals surface area contributed by atoms with E-state index in [4.69, 9.17) is 4.98 Å². The fraction of sp³-hybridized carbons (Fsp3) is 0.136. The molecule has 29 heavy (non-hydrogen) atoms. The van der Waals surface area contributed by atoms with Gasteiger partial charge in [-0.25, -0.2) is 9.97 Å². The van der Waals surface area contributed by atoms with E-state index < -0.39 is 6.61 Å². The first-order valence-corrected chi connectivity index (χ1v) is 9.01. The molecule has 2 aromatic heterocycles. The summed E-state index contributed by atoms with van der Waals surface area (Å²) in [5.41, 5.74) is 4.52. The van der Waals surface area contributed by atoms with Crippen molar-refractivity contribution in [1.82, 2.24) is 15.0 Å². The van der Waals surface area contributed by atoms with Crippen LogP contribution in [0, 0.1) is 6.92 Å². The number of fused-ring (bicyclic) bond motifs is 1. The van der Waals surface area contributed by atoms with Crippen LogP contribution in [0.5, 0.6) is 5.75 Å². The lowest BCUT2D eigenvalue weighted by Crippen LogP contribution is -2.01. The summed E-state index contributed by atoms with van der Waals surface area (Å²) in [6, 6.07) is 14.3. The van der Waals surface area contributed by atoms with Crippen molar-refractivity contribution in [2.24, 2.45) is 0 Å². The zero-order valence-electron chi connectivity index (χ0n) is 15.9. The van der Waals surface area contributed by atoms with Gasteiger partial charge in [0.05, 0.1) is 5.52 Å². The van der Waals surface area contributed by atoms with Crippen LogP contribution < -0.4 is 10.1 Å². The van der Waals surface area contributed by atoms with Crippen molar-refractivity contribution in [2.75, 3.05) is 12.4 Å². The van der Waals surface area contributed by atoms with E-state index in [1.54, 1.807) is 24.5 Å². The Morgan fingerprint density at radius 2 is 1.79 bits per heavy atom. The van der Waals surface area contributed by atoms with Crippen molar-refractivity contribution in [3.05, 3.63) is 66.5 Å².